The largest absolute Gasteiger partial charge is 0.493 e. The van der Waals surface area contributed by atoms with Gasteiger partial charge in [-0.2, -0.15) is 0 Å². The van der Waals surface area contributed by atoms with Crippen molar-refractivity contribution in [1.29, 1.82) is 0 Å². The fraction of sp³-hybridized carbons (Fsp3) is 0.240. The van der Waals surface area contributed by atoms with Crippen LogP contribution >= 0.6 is 0 Å². The second-order valence-electron chi connectivity index (χ2n) is 7.70. The highest BCUT2D eigenvalue weighted by Crippen LogP contribution is 2.41. The van der Waals surface area contributed by atoms with Crippen LogP contribution in [0.25, 0.3) is 22.4 Å². The Morgan fingerprint density at radius 1 is 1.09 bits per heavy atom. The lowest BCUT2D eigenvalue weighted by molar-refractivity contribution is 0.0948. The molecule has 1 N–H and O–H groups in total. The summed E-state index contributed by atoms with van der Waals surface area (Å²) in [5.41, 5.74) is 3.29. The van der Waals surface area contributed by atoms with Crippen molar-refractivity contribution >= 4 is 17.0 Å². The highest BCUT2D eigenvalue weighted by molar-refractivity contribution is 6.09. The normalized spacial score (nSPS) is 13.2. The molecular weight excluding hydrogens is 406 g/mol. The van der Waals surface area contributed by atoms with Gasteiger partial charge in [-0.3, -0.25) is 4.79 Å². The molecule has 7 heteroatoms. The van der Waals surface area contributed by atoms with Crippen LogP contribution in [0, 0.1) is 0 Å². The Morgan fingerprint density at radius 3 is 2.59 bits per heavy atom. The molecule has 1 saturated carbocycles. The predicted octanol–water partition coefficient (Wildman–Crippen LogP) is 4.58. The van der Waals surface area contributed by atoms with E-state index in [0.29, 0.717) is 52.9 Å². The molecule has 2 aromatic carbocycles. The lowest BCUT2D eigenvalue weighted by atomic mass is 10.0. The number of hydrogen-bond donors (Lipinski definition) is 1. The quantitative estimate of drug-likeness (QED) is 0.413. The molecule has 5 rings (SSSR count). The van der Waals surface area contributed by atoms with Crippen molar-refractivity contribution in [2.45, 2.75) is 18.8 Å². The van der Waals surface area contributed by atoms with Gasteiger partial charge in [0.1, 0.15) is 12.3 Å². The van der Waals surface area contributed by atoms with Crippen LogP contribution in [0.5, 0.6) is 11.5 Å². The second kappa shape index (κ2) is 8.70. The van der Waals surface area contributed by atoms with Crippen molar-refractivity contribution in [2.75, 3.05) is 20.3 Å². The van der Waals surface area contributed by atoms with E-state index in [4.69, 9.17) is 14.0 Å². The maximum Gasteiger partial charge on any atom is 0.259 e. The third-order valence-electron chi connectivity index (χ3n) is 5.47. The van der Waals surface area contributed by atoms with Gasteiger partial charge in [0, 0.05) is 17.2 Å². The summed E-state index contributed by atoms with van der Waals surface area (Å²) >= 11 is 0. The molecule has 32 heavy (non-hydrogen) atoms. The number of carbonyl (C=O) groups excluding carboxylic acids is 1. The number of benzene rings is 2. The van der Waals surface area contributed by atoms with E-state index in [1.807, 2.05) is 60.7 Å². The van der Waals surface area contributed by atoms with Crippen LogP contribution in [0.3, 0.4) is 0 Å². The highest BCUT2D eigenvalue weighted by Gasteiger charge is 2.29. The molecule has 1 aliphatic carbocycles. The minimum Gasteiger partial charge on any atom is -0.493 e. The first-order valence-electron chi connectivity index (χ1n) is 10.6. The van der Waals surface area contributed by atoms with Crippen molar-refractivity contribution in [1.82, 2.24) is 15.5 Å². The Morgan fingerprint density at radius 2 is 1.84 bits per heavy atom. The Hall–Kier alpha value is -3.87. The van der Waals surface area contributed by atoms with Crippen LogP contribution in [0.15, 0.2) is 65.2 Å². The number of nitrogens with zero attached hydrogens (tertiary/aromatic N) is 2. The molecule has 0 aliphatic heterocycles. The Labute approximate surface area is 185 Å². The number of carbonyl (C=O) groups is 1. The molecule has 2 aromatic heterocycles. The van der Waals surface area contributed by atoms with Crippen molar-refractivity contribution in [3.8, 4) is 22.8 Å². The van der Waals surface area contributed by atoms with Gasteiger partial charge in [0.25, 0.3) is 11.6 Å². The monoisotopic (exact) mass is 429 g/mol. The number of amides is 1. The average molecular weight is 429 g/mol. The number of aromatic nitrogens is 2. The fourth-order valence-corrected chi connectivity index (χ4v) is 3.69. The summed E-state index contributed by atoms with van der Waals surface area (Å²) in [5.74, 6) is 1.46. The highest BCUT2D eigenvalue weighted by atomic mass is 16.5. The van der Waals surface area contributed by atoms with Gasteiger partial charge in [0.05, 0.1) is 24.6 Å². The number of nitrogens with one attached hydrogen (secondary N) is 1. The van der Waals surface area contributed by atoms with E-state index >= 15 is 0 Å². The van der Waals surface area contributed by atoms with Gasteiger partial charge in [-0.15, -0.1) is 0 Å². The maximum atomic E-state index is 13.2. The molecule has 0 atom stereocenters. The summed E-state index contributed by atoms with van der Waals surface area (Å²) in [6, 6.07) is 19.0. The van der Waals surface area contributed by atoms with E-state index in [2.05, 4.69) is 15.5 Å². The summed E-state index contributed by atoms with van der Waals surface area (Å²) in [6.07, 6.45) is 2.15. The number of methoxy groups -OCH3 is 1. The molecule has 162 valence electrons. The van der Waals surface area contributed by atoms with Crippen LogP contribution < -0.4 is 14.8 Å². The number of ether oxygens (including phenoxy) is 2. The summed E-state index contributed by atoms with van der Waals surface area (Å²) < 4.78 is 16.6. The topological polar surface area (TPSA) is 86.5 Å². The molecule has 0 radical (unpaired) electrons. The molecule has 4 aromatic rings. The first kappa shape index (κ1) is 20.1. The van der Waals surface area contributed by atoms with Crippen LogP contribution in [0.2, 0.25) is 0 Å². The van der Waals surface area contributed by atoms with Crippen LogP contribution in [0.4, 0.5) is 0 Å². The fourth-order valence-electron chi connectivity index (χ4n) is 3.69. The SMILES string of the molecule is COc1ccccc1OCCNC(=O)c1cc(C2CC2)nc2onc(-c3ccccc3)c12. The van der Waals surface area contributed by atoms with Gasteiger partial charge in [-0.1, -0.05) is 47.6 Å². The standard InChI is InChI=1S/C25H23N3O4/c1-30-20-9-5-6-10-21(20)31-14-13-26-24(29)18-15-19(16-11-12-16)27-25-22(18)23(28-32-25)17-7-3-2-4-8-17/h2-10,15-16H,11-14H2,1H3,(H,26,29). The van der Waals surface area contributed by atoms with Gasteiger partial charge in [0.2, 0.25) is 0 Å². The van der Waals surface area contributed by atoms with E-state index in [-0.39, 0.29) is 5.91 Å². The Kier molecular flexibility index (Phi) is 5.46. The van der Waals surface area contributed by atoms with Crippen molar-refractivity contribution in [2.24, 2.45) is 0 Å². The first-order valence-corrected chi connectivity index (χ1v) is 10.6. The van der Waals surface area contributed by atoms with E-state index in [0.717, 1.165) is 24.1 Å². The number of pyridine rings is 1. The van der Waals surface area contributed by atoms with Gasteiger partial charge in [0.15, 0.2) is 11.5 Å². The van der Waals surface area contributed by atoms with Gasteiger partial charge in [-0.25, -0.2) is 4.98 Å². The molecule has 0 saturated heterocycles. The number of para-hydroxylation sites is 2. The van der Waals surface area contributed by atoms with Crippen LogP contribution in [-0.4, -0.2) is 36.3 Å². The van der Waals surface area contributed by atoms with E-state index in [1.165, 1.54) is 0 Å². The molecule has 1 amide bonds. The zero-order chi connectivity index (χ0) is 21.9. The minimum atomic E-state index is -0.205. The average Bonchev–Trinajstić information content (AvgIpc) is 3.61. The van der Waals surface area contributed by atoms with Gasteiger partial charge < -0.3 is 19.3 Å². The zero-order valence-corrected chi connectivity index (χ0v) is 17.7. The third kappa shape index (κ3) is 4.01. The van der Waals surface area contributed by atoms with Gasteiger partial charge in [-0.05, 0) is 31.0 Å². The Balaban J connectivity index is 1.38. The van der Waals surface area contributed by atoms with Crippen molar-refractivity contribution in [3.05, 3.63) is 71.9 Å². The van der Waals surface area contributed by atoms with Crippen molar-refractivity contribution in [3.63, 3.8) is 0 Å². The van der Waals surface area contributed by atoms with Gasteiger partial charge >= 0.3 is 0 Å². The van der Waals surface area contributed by atoms with E-state index in [9.17, 15) is 4.79 Å². The second-order valence-corrected chi connectivity index (χ2v) is 7.70. The van der Waals surface area contributed by atoms with E-state index < -0.39 is 0 Å². The third-order valence-corrected chi connectivity index (χ3v) is 5.47. The smallest absolute Gasteiger partial charge is 0.259 e. The molecule has 1 fully saturated rings. The predicted molar refractivity (Wildman–Crippen MR) is 120 cm³/mol. The Bertz CT molecular complexity index is 1250. The lowest BCUT2D eigenvalue weighted by Gasteiger charge is -2.11. The molecule has 0 unspecified atom stereocenters. The lowest BCUT2D eigenvalue weighted by Crippen LogP contribution is -2.28. The summed E-state index contributed by atoms with van der Waals surface area (Å²) in [6.45, 7) is 0.649. The number of fused-ring (bicyclic) bond motifs is 1. The minimum absolute atomic E-state index is 0.205. The van der Waals surface area contributed by atoms with Crippen LogP contribution in [-0.2, 0) is 0 Å². The number of rotatable bonds is 8. The molecule has 0 spiro atoms. The van der Waals surface area contributed by atoms with Crippen molar-refractivity contribution < 1.29 is 18.8 Å². The molecule has 7 nitrogen and oxygen atoms in total. The van der Waals surface area contributed by atoms with Crippen LogP contribution in [0.1, 0.15) is 34.8 Å². The summed E-state index contributed by atoms with van der Waals surface area (Å²) in [4.78, 5) is 17.8. The first-order chi connectivity index (χ1) is 15.7. The summed E-state index contributed by atoms with van der Waals surface area (Å²) in [5, 5.41) is 7.81. The molecule has 0 bridgehead atoms. The molecular formula is C25H23N3O4. The zero-order valence-electron chi connectivity index (χ0n) is 17.7. The maximum absolute atomic E-state index is 13.2. The van der Waals surface area contributed by atoms with E-state index in [1.54, 1.807) is 7.11 Å². The molecule has 2 heterocycles. The molecule has 1 aliphatic rings. The summed E-state index contributed by atoms with van der Waals surface area (Å²) in [7, 11) is 1.60. The number of hydrogen-bond acceptors (Lipinski definition) is 6.